The molecule has 0 amide bonds. The van der Waals surface area contributed by atoms with Gasteiger partial charge in [-0.2, -0.15) is 0 Å². The summed E-state index contributed by atoms with van der Waals surface area (Å²) in [5.41, 5.74) is 13.5. The lowest BCUT2D eigenvalue weighted by atomic mass is 10.00. The predicted molar refractivity (Wildman–Crippen MR) is 206 cm³/mol. The SMILES string of the molecule is Cc1ccc(-n2c3ccccc3c3cc(-c4ccc5c(c4)c4ccccc4n5-c4ccccc4)ccc32)c(-c2csc3ccccc23)c1. The zero-order valence-corrected chi connectivity index (χ0v) is 27.2. The molecule has 0 saturated heterocycles. The fourth-order valence-electron chi connectivity index (χ4n) is 7.67. The number of hydrogen-bond donors (Lipinski definition) is 0. The molecule has 0 saturated carbocycles. The Hall–Kier alpha value is -5.90. The minimum Gasteiger partial charge on any atom is -0.309 e. The van der Waals surface area contributed by atoms with Crippen LogP contribution in [0.2, 0.25) is 0 Å². The maximum Gasteiger partial charge on any atom is 0.0541 e. The molecule has 10 aromatic rings. The average molecular weight is 631 g/mol. The summed E-state index contributed by atoms with van der Waals surface area (Å²) in [6.07, 6.45) is 0. The van der Waals surface area contributed by atoms with Crippen LogP contribution in [0.4, 0.5) is 0 Å². The van der Waals surface area contributed by atoms with Gasteiger partial charge in [0.2, 0.25) is 0 Å². The predicted octanol–water partition coefficient (Wildman–Crippen LogP) is 12.7. The maximum absolute atomic E-state index is 2.46. The van der Waals surface area contributed by atoms with Crippen molar-refractivity contribution in [3.63, 3.8) is 0 Å². The molecule has 48 heavy (non-hydrogen) atoms. The van der Waals surface area contributed by atoms with Gasteiger partial charge in [0.1, 0.15) is 0 Å². The number of hydrogen-bond acceptors (Lipinski definition) is 1. The number of aryl methyl sites for hydroxylation is 1. The van der Waals surface area contributed by atoms with Crippen molar-refractivity contribution in [2.45, 2.75) is 6.92 Å². The van der Waals surface area contributed by atoms with Crippen molar-refractivity contribution in [3.8, 4) is 33.6 Å². The van der Waals surface area contributed by atoms with E-state index in [4.69, 9.17) is 0 Å². The highest BCUT2D eigenvalue weighted by molar-refractivity contribution is 7.17. The maximum atomic E-state index is 2.46. The largest absolute Gasteiger partial charge is 0.309 e. The fourth-order valence-corrected chi connectivity index (χ4v) is 8.63. The van der Waals surface area contributed by atoms with Crippen LogP contribution >= 0.6 is 11.3 Å². The molecule has 3 aromatic heterocycles. The molecule has 0 aliphatic carbocycles. The lowest BCUT2D eigenvalue weighted by molar-refractivity contribution is 1.18. The van der Waals surface area contributed by atoms with Crippen LogP contribution in [0.25, 0.3) is 87.3 Å². The van der Waals surface area contributed by atoms with Gasteiger partial charge in [0, 0.05) is 48.4 Å². The summed E-state index contributed by atoms with van der Waals surface area (Å²) in [5.74, 6) is 0. The number of rotatable bonds is 4. The summed E-state index contributed by atoms with van der Waals surface area (Å²) in [4.78, 5) is 0. The Kier molecular flexibility index (Phi) is 5.99. The normalized spacial score (nSPS) is 11.9. The first-order valence-corrected chi connectivity index (χ1v) is 17.3. The van der Waals surface area contributed by atoms with E-state index in [1.165, 1.54) is 92.9 Å². The highest BCUT2D eigenvalue weighted by Gasteiger charge is 2.19. The van der Waals surface area contributed by atoms with Crippen LogP contribution in [0, 0.1) is 6.92 Å². The smallest absolute Gasteiger partial charge is 0.0541 e. The standard InChI is InChI=1S/C45H30N2S/c1-29-19-22-43(36(25-29)39-28-48-45-18-10-7-15-35(39)45)47-41-17-9-6-14-34(41)38-27-31(21-24-44(38)47)30-20-23-42-37(26-30)33-13-5-8-16-40(33)46(42)32-11-3-2-4-12-32/h2-28H,1H3. The van der Waals surface area contributed by atoms with E-state index in [-0.39, 0.29) is 0 Å². The molecule has 10 rings (SSSR count). The summed E-state index contributed by atoms with van der Waals surface area (Å²) >= 11 is 1.82. The number of aromatic nitrogens is 2. The van der Waals surface area contributed by atoms with Gasteiger partial charge in [0.05, 0.1) is 27.8 Å². The van der Waals surface area contributed by atoms with E-state index in [1.54, 1.807) is 0 Å². The van der Waals surface area contributed by atoms with Gasteiger partial charge >= 0.3 is 0 Å². The number of nitrogens with zero attached hydrogens (tertiary/aromatic N) is 2. The van der Waals surface area contributed by atoms with Gasteiger partial charge in [0.15, 0.2) is 0 Å². The van der Waals surface area contributed by atoms with Crippen molar-refractivity contribution in [2.24, 2.45) is 0 Å². The lowest BCUT2D eigenvalue weighted by Crippen LogP contribution is -1.97. The average Bonchev–Trinajstić information content (AvgIpc) is 3.82. The van der Waals surface area contributed by atoms with Crippen LogP contribution in [0.15, 0.2) is 163 Å². The molecular weight excluding hydrogens is 601 g/mol. The Bertz CT molecular complexity index is 2850. The molecule has 0 unspecified atom stereocenters. The van der Waals surface area contributed by atoms with Crippen molar-refractivity contribution >= 4 is 65.0 Å². The number of para-hydroxylation sites is 3. The molecule has 7 aromatic carbocycles. The molecule has 226 valence electrons. The summed E-state index contributed by atoms with van der Waals surface area (Å²) in [6, 6.07) is 57.8. The molecule has 0 N–H and O–H groups in total. The summed E-state index contributed by atoms with van der Waals surface area (Å²) in [7, 11) is 0. The van der Waals surface area contributed by atoms with Gasteiger partial charge in [-0.3, -0.25) is 0 Å². The Morgan fingerprint density at radius 2 is 0.979 bits per heavy atom. The Morgan fingerprint density at radius 1 is 0.417 bits per heavy atom. The minimum atomic E-state index is 1.18. The highest BCUT2D eigenvalue weighted by atomic mass is 32.1. The monoisotopic (exact) mass is 630 g/mol. The third-order valence-corrected chi connectivity index (χ3v) is 10.8. The van der Waals surface area contributed by atoms with Crippen molar-refractivity contribution in [2.75, 3.05) is 0 Å². The Morgan fingerprint density at radius 3 is 1.69 bits per heavy atom. The van der Waals surface area contributed by atoms with Gasteiger partial charge in [-0.25, -0.2) is 0 Å². The van der Waals surface area contributed by atoms with Gasteiger partial charge < -0.3 is 9.13 Å². The van der Waals surface area contributed by atoms with Crippen LogP contribution in [-0.2, 0) is 0 Å². The van der Waals surface area contributed by atoms with E-state index < -0.39 is 0 Å². The van der Waals surface area contributed by atoms with E-state index in [2.05, 4.69) is 179 Å². The van der Waals surface area contributed by atoms with Crippen LogP contribution in [0.1, 0.15) is 5.56 Å². The summed E-state index contributed by atoms with van der Waals surface area (Å²) < 4.78 is 6.16. The van der Waals surface area contributed by atoms with E-state index in [9.17, 15) is 0 Å². The molecule has 0 fully saturated rings. The van der Waals surface area contributed by atoms with Gasteiger partial charge in [-0.15, -0.1) is 11.3 Å². The molecular formula is C45H30N2S. The van der Waals surface area contributed by atoms with E-state index in [1.807, 2.05) is 11.3 Å². The first kappa shape index (κ1) is 27.2. The molecule has 2 nitrogen and oxygen atoms in total. The first-order valence-electron chi connectivity index (χ1n) is 16.4. The first-order chi connectivity index (χ1) is 23.7. The minimum absolute atomic E-state index is 1.18. The van der Waals surface area contributed by atoms with Crippen molar-refractivity contribution in [3.05, 3.63) is 169 Å². The van der Waals surface area contributed by atoms with Crippen molar-refractivity contribution in [1.82, 2.24) is 9.13 Å². The highest BCUT2D eigenvalue weighted by Crippen LogP contribution is 2.42. The molecule has 0 radical (unpaired) electrons. The van der Waals surface area contributed by atoms with Crippen LogP contribution in [0.3, 0.4) is 0 Å². The fraction of sp³-hybridized carbons (Fsp3) is 0.0222. The van der Waals surface area contributed by atoms with E-state index in [0.717, 1.165) is 0 Å². The Balaban J connectivity index is 1.19. The third-order valence-electron chi connectivity index (χ3n) is 9.86. The van der Waals surface area contributed by atoms with Crippen LogP contribution < -0.4 is 0 Å². The molecule has 3 heterocycles. The van der Waals surface area contributed by atoms with E-state index >= 15 is 0 Å². The number of thiophene rings is 1. The molecule has 0 aliphatic rings. The number of fused-ring (bicyclic) bond motifs is 7. The van der Waals surface area contributed by atoms with Crippen LogP contribution in [0.5, 0.6) is 0 Å². The van der Waals surface area contributed by atoms with E-state index in [0.29, 0.717) is 0 Å². The second-order valence-corrected chi connectivity index (χ2v) is 13.6. The van der Waals surface area contributed by atoms with Crippen LogP contribution in [-0.4, -0.2) is 9.13 Å². The molecule has 0 atom stereocenters. The zero-order chi connectivity index (χ0) is 31.8. The third kappa shape index (κ3) is 4.05. The summed E-state index contributed by atoms with van der Waals surface area (Å²) in [5, 5.41) is 8.68. The lowest BCUT2D eigenvalue weighted by Gasteiger charge is -2.15. The van der Waals surface area contributed by atoms with Gasteiger partial charge in [-0.05, 0) is 90.2 Å². The van der Waals surface area contributed by atoms with Crippen molar-refractivity contribution < 1.29 is 0 Å². The second-order valence-electron chi connectivity index (χ2n) is 12.7. The summed E-state index contributed by atoms with van der Waals surface area (Å²) in [6.45, 7) is 2.19. The Labute approximate surface area is 282 Å². The molecule has 0 bridgehead atoms. The molecule has 0 spiro atoms. The number of benzene rings is 7. The molecule has 3 heteroatoms. The quantitative estimate of drug-likeness (QED) is 0.183. The topological polar surface area (TPSA) is 9.86 Å². The van der Waals surface area contributed by atoms with Gasteiger partial charge in [-0.1, -0.05) is 96.6 Å². The van der Waals surface area contributed by atoms with Gasteiger partial charge in [0.25, 0.3) is 0 Å². The van der Waals surface area contributed by atoms with Crippen molar-refractivity contribution in [1.29, 1.82) is 0 Å². The molecule has 0 aliphatic heterocycles. The zero-order valence-electron chi connectivity index (χ0n) is 26.4. The second kappa shape index (κ2) is 10.6.